The number of nitrogens with one attached hydrogen (secondary N) is 3. The average molecular weight is 288 g/mol. The molecule has 0 unspecified atom stereocenters. The molecule has 1 aliphatic rings. The quantitative estimate of drug-likeness (QED) is 0.782. The highest BCUT2D eigenvalue weighted by atomic mass is 16.2. The van der Waals surface area contributed by atoms with Gasteiger partial charge in [-0.25, -0.2) is 4.79 Å². The van der Waals surface area contributed by atoms with Crippen LogP contribution in [0, 0.1) is 5.92 Å². The minimum atomic E-state index is -0.212. The molecule has 0 saturated carbocycles. The third-order valence-electron chi connectivity index (χ3n) is 4.04. The molecule has 1 aromatic carbocycles. The second kappa shape index (κ2) is 5.73. The molecule has 0 spiro atoms. The second-order valence-electron chi connectivity index (χ2n) is 5.78. The lowest BCUT2D eigenvalue weighted by molar-refractivity contribution is -0.126. The Morgan fingerprint density at radius 2 is 2.19 bits per heavy atom. The van der Waals surface area contributed by atoms with E-state index in [9.17, 15) is 9.59 Å². The molecule has 2 aromatic rings. The molecule has 1 aromatic heterocycles. The highest BCUT2D eigenvalue weighted by molar-refractivity contribution is 5.79. The summed E-state index contributed by atoms with van der Waals surface area (Å²) in [5.41, 5.74) is 2.32. The second-order valence-corrected chi connectivity index (χ2v) is 5.78. The summed E-state index contributed by atoms with van der Waals surface area (Å²) in [7, 11) is 2.05. The van der Waals surface area contributed by atoms with Gasteiger partial charge in [0.1, 0.15) is 0 Å². The van der Waals surface area contributed by atoms with Crippen LogP contribution in [0.5, 0.6) is 0 Å². The molecule has 6 nitrogen and oxygen atoms in total. The van der Waals surface area contributed by atoms with E-state index in [1.165, 1.54) is 0 Å². The van der Waals surface area contributed by atoms with Gasteiger partial charge in [0.15, 0.2) is 0 Å². The van der Waals surface area contributed by atoms with E-state index in [4.69, 9.17) is 0 Å². The molecule has 112 valence electrons. The molecule has 3 rings (SSSR count). The average Bonchev–Trinajstić information content (AvgIpc) is 2.84. The number of piperidine rings is 1. The summed E-state index contributed by atoms with van der Waals surface area (Å²) < 4.78 is 0. The van der Waals surface area contributed by atoms with E-state index in [-0.39, 0.29) is 17.5 Å². The van der Waals surface area contributed by atoms with Crippen molar-refractivity contribution in [2.75, 3.05) is 20.1 Å². The number of aromatic nitrogens is 2. The van der Waals surface area contributed by atoms with Gasteiger partial charge in [-0.15, -0.1) is 0 Å². The fourth-order valence-electron chi connectivity index (χ4n) is 2.90. The van der Waals surface area contributed by atoms with E-state index in [1.807, 2.05) is 18.2 Å². The van der Waals surface area contributed by atoms with Gasteiger partial charge in [0.05, 0.1) is 17.0 Å². The molecule has 0 radical (unpaired) electrons. The summed E-state index contributed by atoms with van der Waals surface area (Å²) in [4.78, 5) is 31.0. The van der Waals surface area contributed by atoms with Gasteiger partial charge < -0.3 is 20.2 Å². The largest absolute Gasteiger partial charge is 0.352 e. The highest BCUT2D eigenvalue weighted by Gasteiger charge is 2.23. The van der Waals surface area contributed by atoms with E-state index in [0.717, 1.165) is 42.5 Å². The third kappa shape index (κ3) is 3.16. The van der Waals surface area contributed by atoms with Crippen molar-refractivity contribution in [2.45, 2.75) is 19.4 Å². The maximum absolute atomic E-state index is 12.2. The van der Waals surface area contributed by atoms with Crippen LogP contribution in [-0.2, 0) is 11.3 Å². The fourth-order valence-corrected chi connectivity index (χ4v) is 2.90. The number of nitrogens with zero attached hydrogens (tertiary/aromatic N) is 1. The lowest BCUT2D eigenvalue weighted by Crippen LogP contribution is -2.41. The van der Waals surface area contributed by atoms with Gasteiger partial charge in [-0.05, 0) is 44.1 Å². The van der Waals surface area contributed by atoms with Gasteiger partial charge in [-0.1, -0.05) is 6.07 Å². The van der Waals surface area contributed by atoms with Crippen LogP contribution in [0.25, 0.3) is 11.0 Å². The smallest absolute Gasteiger partial charge is 0.323 e. The van der Waals surface area contributed by atoms with Crippen LogP contribution in [0.1, 0.15) is 18.4 Å². The summed E-state index contributed by atoms with van der Waals surface area (Å²) in [6.07, 6.45) is 2.03. The maximum Gasteiger partial charge on any atom is 0.323 e. The summed E-state index contributed by atoms with van der Waals surface area (Å²) in [5, 5.41) is 2.99. The Kier molecular flexibility index (Phi) is 3.79. The number of H-pyrrole nitrogens is 2. The molecule has 1 aliphatic heterocycles. The Hall–Kier alpha value is -2.08. The first-order chi connectivity index (χ1) is 10.1. The molecule has 0 bridgehead atoms. The molecule has 21 heavy (non-hydrogen) atoms. The zero-order chi connectivity index (χ0) is 14.8. The number of amides is 1. The van der Waals surface area contributed by atoms with Gasteiger partial charge in [0, 0.05) is 13.1 Å². The number of likely N-dealkylation sites (tertiary alicyclic amines) is 1. The van der Waals surface area contributed by atoms with Crippen molar-refractivity contribution in [3.05, 3.63) is 34.2 Å². The Morgan fingerprint density at radius 3 is 3.00 bits per heavy atom. The number of fused-ring (bicyclic) bond motifs is 1. The zero-order valence-electron chi connectivity index (χ0n) is 12.1. The van der Waals surface area contributed by atoms with Crippen molar-refractivity contribution in [3.8, 4) is 0 Å². The molecular formula is C15H20N4O2. The monoisotopic (exact) mass is 288 g/mol. The van der Waals surface area contributed by atoms with E-state index in [1.54, 1.807) is 0 Å². The number of imidazole rings is 1. The molecular weight excluding hydrogens is 268 g/mol. The molecule has 0 aliphatic carbocycles. The zero-order valence-corrected chi connectivity index (χ0v) is 12.1. The van der Waals surface area contributed by atoms with Crippen LogP contribution in [0.3, 0.4) is 0 Å². The molecule has 1 atom stereocenters. The molecule has 2 heterocycles. The van der Waals surface area contributed by atoms with Crippen molar-refractivity contribution in [3.63, 3.8) is 0 Å². The first-order valence-corrected chi connectivity index (χ1v) is 7.29. The number of rotatable bonds is 3. The molecule has 6 heteroatoms. The number of hydrogen-bond acceptors (Lipinski definition) is 3. The van der Waals surface area contributed by atoms with E-state index in [2.05, 4.69) is 27.2 Å². The predicted octanol–water partition coefficient (Wildman–Crippen LogP) is 0.814. The van der Waals surface area contributed by atoms with Crippen molar-refractivity contribution in [1.29, 1.82) is 0 Å². The molecule has 1 fully saturated rings. The Bertz CT molecular complexity index is 703. The first kappa shape index (κ1) is 13.9. The standard InChI is InChI=1S/C15H20N4O2/c1-19-6-2-3-11(9-19)14(20)16-8-10-4-5-12-13(7-10)18-15(21)17-12/h4-5,7,11H,2-3,6,8-9H2,1H3,(H,16,20)(H2,17,18,21)/t11-/m0/s1. The number of benzene rings is 1. The van der Waals surface area contributed by atoms with Crippen LogP contribution >= 0.6 is 0 Å². The Morgan fingerprint density at radius 1 is 1.38 bits per heavy atom. The van der Waals surface area contributed by atoms with Crippen molar-refractivity contribution in [2.24, 2.45) is 5.92 Å². The van der Waals surface area contributed by atoms with E-state index >= 15 is 0 Å². The SMILES string of the molecule is CN1CCC[C@H](C(=O)NCc2ccc3[nH]c(=O)[nH]c3c2)C1. The minimum Gasteiger partial charge on any atom is -0.352 e. The van der Waals surface area contributed by atoms with Crippen LogP contribution < -0.4 is 11.0 Å². The summed E-state index contributed by atoms with van der Waals surface area (Å²) in [6.45, 7) is 2.39. The lowest BCUT2D eigenvalue weighted by atomic mass is 9.97. The Balaban J connectivity index is 1.62. The molecule has 1 amide bonds. The van der Waals surface area contributed by atoms with Crippen molar-refractivity contribution >= 4 is 16.9 Å². The summed E-state index contributed by atoms with van der Waals surface area (Å²) in [6, 6.07) is 5.66. The minimum absolute atomic E-state index is 0.0829. The van der Waals surface area contributed by atoms with Crippen molar-refractivity contribution < 1.29 is 4.79 Å². The first-order valence-electron chi connectivity index (χ1n) is 7.29. The van der Waals surface area contributed by atoms with Crippen LogP contribution in [0.2, 0.25) is 0 Å². The summed E-state index contributed by atoms with van der Waals surface area (Å²) >= 11 is 0. The molecule has 1 saturated heterocycles. The number of carbonyl (C=O) groups is 1. The fraction of sp³-hybridized carbons (Fsp3) is 0.467. The number of aromatic amines is 2. The van der Waals surface area contributed by atoms with Crippen LogP contribution in [-0.4, -0.2) is 40.9 Å². The van der Waals surface area contributed by atoms with Gasteiger partial charge in [-0.2, -0.15) is 0 Å². The number of carbonyl (C=O) groups excluding carboxylic acids is 1. The predicted molar refractivity (Wildman–Crippen MR) is 81.0 cm³/mol. The van der Waals surface area contributed by atoms with Gasteiger partial charge in [0.2, 0.25) is 5.91 Å². The topological polar surface area (TPSA) is 81.0 Å². The van der Waals surface area contributed by atoms with Gasteiger partial charge in [-0.3, -0.25) is 4.79 Å². The van der Waals surface area contributed by atoms with Crippen LogP contribution in [0.15, 0.2) is 23.0 Å². The maximum atomic E-state index is 12.2. The van der Waals surface area contributed by atoms with Gasteiger partial charge >= 0.3 is 5.69 Å². The van der Waals surface area contributed by atoms with Gasteiger partial charge in [0.25, 0.3) is 0 Å². The van der Waals surface area contributed by atoms with E-state index < -0.39 is 0 Å². The van der Waals surface area contributed by atoms with Crippen LogP contribution in [0.4, 0.5) is 0 Å². The highest BCUT2D eigenvalue weighted by Crippen LogP contribution is 2.15. The normalized spacial score (nSPS) is 19.8. The van der Waals surface area contributed by atoms with E-state index in [0.29, 0.717) is 6.54 Å². The summed E-state index contributed by atoms with van der Waals surface area (Å²) in [5.74, 6) is 0.198. The van der Waals surface area contributed by atoms with Crippen molar-refractivity contribution in [1.82, 2.24) is 20.2 Å². The molecule has 3 N–H and O–H groups in total. The Labute approximate surface area is 122 Å². The lowest BCUT2D eigenvalue weighted by Gasteiger charge is -2.28. The third-order valence-corrected chi connectivity index (χ3v) is 4.04. The number of hydrogen-bond donors (Lipinski definition) is 3.